The van der Waals surface area contributed by atoms with E-state index in [0.29, 0.717) is 0 Å². The SMILES string of the molecule is O=C([O-])c1ccccn1.[Cl-].[Os+2].[c-]1cccc(-c2ccccc2)c1. The summed E-state index contributed by atoms with van der Waals surface area (Å²) in [6.45, 7) is 0. The first-order valence-corrected chi connectivity index (χ1v) is 6.41. The van der Waals surface area contributed by atoms with Gasteiger partial charge in [-0.25, -0.2) is 0 Å². The second-order valence-corrected chi connectivity index (χ2v) is 4.16. The van der Waals surface area contributed by atoms with E-state index in [1.807, 2.05) is 36.4 Å². The van der Waals surface area contributed by atoms with Crippen LogP contribution in [0.1, 0.15) is 10.5 Å². The van der Waals surface area contributed by atoms with E-state index < -0.39 is 5.97 Å². The zero-order chi connectivity index (χ0) is 14.9. The molecule has 0 spiro atoms. The van der Waals surface area contributed by atoms with Crippen LogP contribution in [-0.4, -0.2) is 11.0 Å². The third-order valence-corrected chi connectivity index (χ3v) is 2.69. The number of carboxylic acids is 1. The molecule has 0 atom stereocenters. The van der Waals surface area contributed by atoms with Gasteiger partial charge in [-0.3, -0.25) is 4.98 Å². The average molecular weight is 501 g/mol. The molecule has 23 heavy (non-hydrogen) atoms. The van der Waals surface area contributed by atoms with Gasteiger partial charge in [0.2, 0.25) is 0 Å². The van der Waals surface area contributed by atoms with Crippen molar-refractivity contribution in [2.75, 3.05) is 0 Å². The van der Waals surface area contributed by atoms with E-state index >= 15 is 0 Å². The number of pyridine rings is 1. The van der Waals surface area contributed by atoms with Crippen LogP contribution in [0.25, 0.3) is 11.1 Å². The summed E-state index contributed by atoms with van der Waals surface area (Å²) >= 11 is 0. The summed E-state index contributed by atoms with van der Waals surface area (Å²) in [4.78, 5) is 13.5. The zero-order valence-corrected chi connectivity index (χ0v) is 15.3. The largest absolute Gasteiger partial charge is 2.00 e. The summed E-state index contributed by atoms with van der Waals surface area (Å²) in [5, 5.41) is 10.0. The maximum absolute atomic E-state index is 10.0. The van der Waals surface area contributed by atoms with Crippen molar-refractivity contribution in [1.29, 1.82) is 0 Å². The van der Waals surface area contributed by atoms with E-state index in [1.54, 1.807) is 12.1 Å². The van der Waals surface area contributed by atoms with E-state index in [1.165, 1.54) is 23.4 Å². The number of nitrogens with zero attached hydrogens (tertiary/aromatic N) is 1. The molecule has 0 aliphatic rings. The number of hydrogen-bond donors (Lipinski definition) is 0. The fraction of sp³-hybridized carbons (Fsp3) is 0. The molecular formula is C18H13ClNO2Os-. The van der Waals surface area contributed by atoms with Crippen LogP contribution in [0.3, 0.4) is 0 Å². The molecule has 0 unspecified atom stereocenters. The minimum atomic E-state index is -1.24. The van der Waals surface area contributed by atoms with Gasteiger partial charge in [0.05, 0.1) is 11.7 Å². The van der Waals surface area contributed by atoms with Gasteiger partial charge in [0.25, 0.3) is 0 Å². The van der Waals surface area contributed by atoms with Crippen molar-refractivity contribution in [3.8, 4) is 11.1 Å². The fourth-order valence-corrected chi connectivity index (χ4v) is 1.69. The van der Waals surface area contributed by atoms with Crippen molar-refractivity contribution < 1.29 is 42.1 Å². The molecule has 5 heteroatoms. The van der Waals surface area contributed by atoms with Crippen LogP contribution in [0.4, 0.5) is 0 Å². The van der Waals surface area contributed by atoms with Gasteiger partial charge in [0.15, 0.2) is 0 Å². The quantitative estimate of drug-likeness (QED) is 0.450. The molecule has 0 saturated carbocycles. The van der Waals surface area contributed by atoms with Gasteiger partial charge >= 0.3 is 19.8 Å². The second kappa shape index (κ2) is 11.5. The number of aromatic nitrogens is 1. The molecular weight excluding hydrogens is 488 g/mol. The molecule has 0 N–H and O–H groups in total. The Hall–Kier alpha value is -2.01. The van der Waals surface area contributed by atoms with Crippen molar-refractivity contribution in [2.24, 2.45) is 0 Å². The Bertz CT molecular complexity index is 642. The van der Waals surface area contributed by atoms with Crippen LogP contribution < -0.4 is 17.5 Å². The van der Waals surface area contributed by atoms with Crippen LogP contribution in [-0.2, 0) is 19.8 Å². The number of carbonyl (C=O) groups excluding carboxylic acids is 1. The maximum Gasteiger partial charge on any atom is 2.00 e. The number of carboxylic acid groups (broad SMARTS) is 1. The number of benzene rings is 2. The van der Waals surface area contributed by atoms with Crippen LogP contribution in [0, 0.1) is 6.07 Å². The molecule has 0 bridgehead atoms. The van der Waals surface area contributed by atoms with Gasteiger partial charge < -0.3 is 22.3 Å². The van der Waals surface area contributed by atoms with E-state index in [0.717, 1.165) is 0 Å². The first-order chi connectivity index (χ1) is 10.3. The summed E-state index contributed by atoms with van der Waals surface area (Å²) in [7, 11) is 0. The van der Waals surface area contributed by atoms with Gasteiger partial charge in [-0.05, 0) is 12.1 Å². The second-order valence-electron chi connectivity index (χ2n) is 4.16. The number of hydrogen-bond acceptors (Lipinski definition) is 3. The molecule has 3 aromatic rings. The first kappa shape index (κ1) is 21.0. The average Bonchev–Trinajstić information content (AvgIpc) is 2.58. The first-order valence-electron chi connectivity index (χ1n) is 6.41. The van der Waals surface area contributed by atoms with E-state index in [9.17, 15) is 9.90 Å². The van der Waals surface area contributed by atoms with Gasteiger partial charge in [0.1, 0.15) is 0 Å². The van der Waals surface area contributed by atoms with Gasteiger partial charge in [0, 0.05) is 6.20 Å². The standard InChI is InChI=1S/C12H9.C6H5NO2.ClH.Os/c1-3-7-11(8-4-1)12-9-5-2-6-10-12;8-6(9)5-3-1-2-4-7-5;;/h1-5,7-10H;1-4H,(H,8,9);1H;/q-1;;;+2/p-2. The predicted octanol–water partition coefficient (Wildman–Crippen LogP) is -0.400. The Morgan fingerprint density at radius 1 is 0.913 bits per heavy atom. The summed E-state index contributed by atoms with van der Waals surface area (Å²) in [6.07, 6.45) is 1.41. The molecule has 1 aromatic heterocycles. The normalized spacial score (nSPS) is 8.52. The van der Waals surface area contributed by atoms with Gasteiger partial charge in [-0.1, -0.05) is 42.0 Å². The molecule has 3 rings (SSSR count). The molecule has 2 aromatic carbocycles. The van der Waals surface area contributed by atoms with Gasteiger partial charge in [-0.15, -0.1) is 5.56 Å². The molecule has 118 valence electrons. The minimum Gasteiger partial charge on any atom is -1.00 e. The van der Waals surface area contributed by atoms with E-state index in [4.69, 9.17) is 0 Å². The van der Waals surface area contributed by atoms with E-state index in [-0.39, 0.29) is 37.9 Å². The molecule has 0 amide bonds. The molecule has 0 fully saturated rings. The van der Waals surface area contributed by atoms with Crippen LogP contribution in [0.15, 0.2) is 79.0 Å². The van der Waals surface area contributed by atoms with Crippen molar-refractivity contribution in [2.45, 2.75) is 0 Å². The number of halogens is 1. The third kappa shape index (κ3) is 7.19. The van der Waals surface area contributed by atoms with Crippen LogP contribution in [0.5, 0.6) is 0 Å². The van der Waals surface area contributed by atoms with Crippen molar-refractivity contribution >= 4 is 5.97 Å². The van der Waals surface area contributed by atoms with Crippen molar-refractivity contribution in [3.63, 3.8) is 0 Å². The topological polar surface area (TPSA) is 53.0 Å². The number of rotatable bonds is 2. The summed E-state index contributed by atoms with van der Waals surface area (Å²) in [6, 6.07) is 26.0. The summed E-state index contributed by atoms with van der Waals surface area (Å²) in [5.74, 6) is -1.24. The van der Waals surface area contributed by atoms with Crippen molar-refractivity contribution in [3.05, 3.63) is 90.8 Å². The van der Waals surface area contributed by atoms with Crippen LogP contribution in [0.2, 0.25) is 0 Å². The molecule has 0 aliphatic heterocycles. The molecule has 1 heterocycles. The Morgan fingerprint density at radius 3 is 2.04 bits per heavy atom. The predicted molar refractivity (Wildman–Crippen MR) is 79.3 cm³/mol. The number of carbonyl (C=O) groups is 1. The summed E-state index contributed by atoms with van der Waals surface area (Å²) in [5.41, 5.74) is 2.44. The maximum atomic E-state index is 10.0. The van der Waals surface area contributed by atoms with Gasteiger partial charge in [-0.2, -0.15) is 30.3 Å². The van der Waals surface area contributed by atoms with Crippen LogP contribution >= 0.6 is 0 Å². The number of aromatic carboxylic acids is 1. The smallest absolute Gasteiger partial charge is 1.00 e. The zero-order valence-electron chi connectivity index (χ0n) is 12.0. The monoisotopic (exact) mass is 502 g/mol. The third-order valence-electron chi connectivity index (χ3n) is 2.69. The molecule has 0 radical (unpaired) electrons. The molecule has 3 nitrogen and oxygen atoms in total. The Kier molecular flexibility index (Phi) is 10.5. The van der Waals surface area contributed by atoms with Crippen molar-refractivity contribution in [1.82, 2.24) is 4.98 Å². The van der Waals surface area contributed by atoms with E-state index in [2.05, 4.69) is 29.2 Å². The Morgan fingerprint density at radius 2 is 1.57 bits per heavy atom. The summed E-state index contributed by atoms with van der Waals surface area (Å²) < 4.78 is 0. The molecule has 0 aliphatic carbocycles. The Labute approximate surface area is 154 Å². The fourth-order valence-electron chi connectivity index (χ4n) is 1.69. The molecule has 0 saturated heterocycles. The Balaban J connectivity index is 0.000000401. The minimum absolute atomic E-state index is 0.